The van der Waals surface area contributed by atoms with Gasteiger partial charge in [0.05, 0.1) is 23.1 Å². The van der Waals surface area contributed by atoms with Crippen molar-refractivity contribution in [3.8, 4) is 5.69 Å². The van der Waals surface area contributed by atoms with E-state index in [-0.39, 0.29) is 18.3 Å². The monoisotopic (exact) mass is 408 g/mol. The van der Waals surface area contributed by atoms with Crippen molar-refractivity contribution in [3.63, 3.8) is 0 Å². The van der Waals surface area contributed by atoms with Crippen molar-refractivity contribution in [1.29, 1.82) is 0 Å². The Morgan fingerprint density at radius 1 is 1.30 bits per heavy atom. The van der Waals surface area contributed by atoms with Crippen molar-refractivity contribution in [2.45, 2.75) is 44.6 Å². The van der Waals surface area contributed by atoms with Gasteiger partial charge in [0.1, 0.15) is 0 Å². The van der Waals surface area contributed by atoms with Gasteiger partial charge in [-0.15, -0.1) is 12.4 Å². The molecule has 1 unspecified atom stereocenters. The van der Waals surface area contributed by atoms with Gasteiger partial charge in [-0.25, -0.2) is 4.68 Å². The summed E-state index contributed by atoms with van der Waals surface area (Å²) in [5.41, 5.74) is 3.76. The summed E-state index contributed by atoms with van der Waals surface area (Å²) in [6, 6.07) is 6.33. The zero-order valence-electron chi connectivity index (χ0n) is 15.7. The maximum absolute atomic E-state index is 13.2. The van der Waals surface area contributed by atoms with Crippen molar-refractivity contribution < 1.29 is 4.79 Å². The summed E-state index contributed by atoms with van der Waals surface area (Å²) in [6.07, 6.45) is 6.14. The van der Waals surface area contributed by atoms with Gasteiger partial charge in [-0.1, -0.05) is 17.7 Å². The fraction of sp³-hybridized carbons (Fsp3) is 0.500. The molecule has 1 saturated carbocycles. The second-order valence-electron chi connectivity index (χ2n) is 7.44. The Hall–Kier alpha value is -1.56. The average Bonchev–Trinajstić information content (AvgIpc) is 3.41. The molecule has 0 bridgehead atoms. The molecule has 7 heteroatoms. The summed E-state index contributed by atoms with van der Waals surface area (Å²) >= 11 is 6.31. The number of carbonyl (C=O) groups excluding carboxylic acids is 1. The highest BCUT2D eigenvalue weighted by Gasteiger charge is 2.35. The van der Waals surface area contributed by atoms with Crippen LogP contribution in [-0.2, 0) is 0 Å². The molecule has 2 aliphatic rings. The van der Waals surface area contributed by atoms with Crippen LogP contribution in [0, 0.1) is 6.92 Å². The second-order valence-corrected chi connectivity index (χ2v) is 7.85. The van der Waals surface area contributed by atoms with E-state index in [1.807, 2.05) is 41.8 Å². The lowest BCUT2D eigenvalue weighted by atomic mass is 10.0. The van der Waals surface area contributed by atoms with Gasteiger partial charge in [-0.2, -0.15) is 5.10 Å². The van der Waals surface area contributed by atoms with E-state index in [1.165, 1.54) is 0 Å². The van der Waals surface area contributed by atoms with Crippen LogP contribution in [0.15, 0.2) is 24.4 Å². The molecule has 1 N–H and O–H groups in total. The lowest BCUT2D eigenvalue weighted by Crippen LogP contribution is -2.47. The molecule has 4 rings (SSSR count). The number of nitrogens with one attached hydrogen (secondary N) is 1. The van der Waals surface area contributed by atoms with E-state index in [1.54, 1.807) is 6.20 Å². The Bertz CT molecular complexity index is 831. The Balaban J connectivity index is 0.00000210. The van der Waals surface area contributed by atoms with Gasteiger partial charge >= 0.3 is 0 Å². The third-order valence-electron chi connectivity index (χ3n) is 5.52. The fourth-order valence-electron chi connectivity index (χ4n) is 3.76. The molecule has 5 nitrogen and oxygen atoms in total. The first kappa shape index (κ1) is 20.2. The quantitative estimate of drug-likeness (QED) is 0.832. The van der Waals surface area contributed by atoms with Crippen molar-refractivity contribution in [3.05, 3.63) is 46.2 Å². The zero-order chi connectivity index (χ0) is 18.3. The molecule has 1 aromatic heterocycles. The molecular formula is C20H26Cl2N4O. The molecule has 2 aromatic rings. The highest BCUT2D eigenvalue weighted by molar-refractivity contribution is 6.31. The van der Waals surface area contributed by atoms with E-state index >= 15 is 0 Å². The number of aromatic nitrogens is 2. The maximum Gasteiger partial charge on any atom is 0.257 e. The third kappa shape index (κ3) is 4.00. The number of rotatable bonds is 4. The molecule has 2 heterocycles. The predicted octanol–water partition coefficient (Wildman–Crippen LogP) is 3.96. The van der Waals surface area contributed by atoms with E-state index in [9.17, 15) is 4.79 Å². The van der Waals surface area contributed by atoms with Gasteiger partial charge in [0.25, 0.3) is 5.91 Å². The van der Waals surface area contributed by atoms with E-state index in [4.69, 9.17) is 11.6 Å². The van der Waals surface area contributed by atoms with Crippen LogP contribution in [0.3, 0.4) is 0 Å². The van der Waals surface area contributed by atoms with Crippen molar-refractivity contribution >= 4 is 29.9 Å². The minimum absolute atomic E-state index is 0. The van der Waals surface area contributed by atoms with Crippen LogP contribution in [0.4, 0.5) is 0 Å². The van der Waals surface area contributed by atoms with Gasteiger partial charge in [-0.05, 0) is 57.4 Å². The molecule has 1 aliphatic heterocycles. The van der Waals surface area contributed by atoms with E-state index in [2.05, 4.69) is 10.4 Å². The number of aryl methyl sites for hydroxylation is 1. The summed E-state index contributed by atoms with van der Waals surface area (Å²) in [6.45, 7) is 3.57. The van der Waals surface area contributed by atoms with Crippen molar-refractivity contribution in [2.24, 2.45) is 0 Å². The third-order valence-corrected chi connectivity index (χ3v) is 5.92. The first-order valence-electron chi connectivity index (χ1n) is 9.39. The number of hydrogen-bond donors (Lipinski definition) is 1. The Morgan fingerprint density at radius 3 is 2.74 bits per heavy atom. The first-order valence-corrected chi connectivity index (χ1v) is 9.77. The normalized spacial score (nSPS) is 19.7. The minimum Gasteiger partial charge on any atom is -0.337 e. The summed E-state index contributed by atoms with van der Waals surface area (Å²) in [7, 11) is 1.97. The summed E-state index contributed by atoms with van der Waals surface area (Å²) in [4.78, 5) is 15.2. The molecule has 1 amide bonds. The van der Waals surface area contributed by atoms with Gasteiger partial charge < -0.3 is 10.2 Å². The summed E-state index contributed by atoms with van der Waals surface area (Å²) in [5.74, 6) is 0.526. The molecule has 146 valence electrons. The molecular weight excluding hydrogens is 383 g/mol. The number of benzene rings is 1. The van der Waals surface area contributed by atoms with Gasteiger partial charge in [0, 0.05) is 30.1 Å². The maximum atomic E-state index is 13.2. The number of likely N-dealkylation sites (tertiary alicyclic amines) is 1. The summed E-state index contributed by atoms with van der Waals surface area (Å²) in [5, 5.41) is 8.59. The van der Waals surface area contributed by atoms with Crippen molar-refractivity contribution in [1.82, 2.24) is 20.0 Å². The fourth-order valence-corrected chi connectivity index (χ4v) is 3.93. The highest BCUT2D eigenvalue weighted by Crippen LogP contribution is 2.43. The molecule has 27 heavy (non-hydrogen) atoms. The number of carbonyl (C=O) groups is 1. The lowest BCUT2D eigenvalue weighted by molar-refractivity contribution is 0.0697. The second kappa shape index (κ2) is 8.21. The van der Waals surface area contributed by atoms with E-state index in [0.717, 1.165) is 66.3 Å². The predicted molar refractivity (Wildman–Crippen MR) is 111 cm³/mol. The lowest BCUT2D eigenvalue weighted by Gasteiger charge is -2.32. The zero-order valence-corrected chi connectivity index (χ0v) is 17.3. The van der Waals surface area contributed by atoms with Gasteiger partial charge in [0.2, 0.25) is 0 Å². The van der Waals surface area contributed by atoms with Crippen LogP contribution < -0.4 is 5.32 Å². The standard InChI is InChI=1S/C20H25ClN4O.ClH/c1-13-5-8-16(10-18(13)21)25-19(14-6-7-14)17(11-23-25)20(26)24-9-3-4-15(12-24)22-2;/h5,8,10-11,14-15,22H,3-4,6-7,9,12H2,1-2H3;1H. The van der Waals surface area contributed by atoms with Gasteiger partial charge in [0.15, 0.2) is 0 Å². The van der Waals surface area contributed by atoms with E-state index < -0.39 is 0 Å². The van der Waals surface area contributed by atoms with Crippen LogP contribution >= 0.6 is 24.0 Å². The number of piperidine rings is 1. The van der Waals surface area contributed by atoms with Crippen LogP contribution in [-0.4, -0.2) is 46.8 Å². The van der Waals surface area contributed by atoms with Crippen molar-refractivity contribution in [2.75, 3.05) is 20.1 Å². The van der Waals surface area contributed by atoms with E-state index in [0.29, 0.717) is 12.0 Å². The molecule has 1 aromatic carbocycles. The Morgan fingerprint density at radius 2 is 2.07 bits per heavy atom. The molecule has 2 fully saturated rings. The SMILES string of the molecule is CNC1CCCN(C(=O)c2cnn(-c3ccc(C)c(Cl)c3)c2C2CC2)C1.Cl. The number of amides is 1. The largest absolute Gasteiger partial charge is 0.337 e. The minimum atomic E-state index is 0. The van der Waals surface area contributed by atoms with Crippen LogP contribution in [0.5, 0.6) is 0 Å². The topological polar surface area (TPSA) is 50.2 Å². The molecule has 0 radical (unpaired) electrons. The van der Waals surface area contributed by atoms with Gasteiger partial charge in [-0.3, -0.25) is 4.79 Å². The number of likely N-dealkylation sites (N-methyl/N-ethyl adjacent to an activating group) is 1. The number of hydrogen-bond acceptors (Lipinski definition) is 3. The molecule has 0 spiro atoms. The van der Waals surface area contributed by atoms with Crippen LogP contribution in [0.1, 0.15) is 53.2 Å². The average molecular weight is 409 g/mol. The smallest absolute Gasteiger partial charge is 0.257 e. The number of halogens is 2. The van der Waals surface area contributed by atoms with Crippen LogP contribution in [0.2, 0.25) is 5.02 Å². The number of nitrogens with zero attached hydrogens (tertiary/aromatic N) is 3. The first-order chi connectivity index (χ1) is 12.6. The van der Waals surface area contributed by atoms with Crippen LogP contribution in [0.25, 0.3) is 5.69 Å². The Kier molecular flexibility index (Phi) is 6.14. The Labute approximate surface area is 171 Å². The molecule has 1 aliphatic carbocycles. The highest BCUT2D eigenvalue weighted by atomic mass is 35.5. The summed E-state index contributed by atoms with van der Waals surface area (Å²) < 4.78 is 1.91. The molecule has 1 atom stereocenters. The molecule has 1 saturated heterocycles.